The second kappa shape index (κ2) is 6.67. The number of alkyl halides is 1. The number of ether oxygens (including phenoxy) is 1. The molecule has 11 heavy (non-hydrogen) atoms. The third-order valence-corrected chi connectivity index (χ3v) is 1.26. The fourth-order valence-electron chi connectivity index (χ4n) is 0.402. The van der Waals surface area contributed by atoms with Gasteiger partial charge in [-0.3, -0.25) is 4.79 Å². The van der Waals surface area contributed by atoms with Crippen LogP contribution in [0.2, 0.25) is 0 Å². The van der Waals surface area contributed by atoms with E-state index in [2.05, 4.69) is 4.29 Å². The molecule has 0 aromatic carbocycles. The zero-order chi connectivity index (χ0) is 8.69. The molecule has 1 N–H and O–H groups in total. The van der Waals surface area contributed by atoms with Gasteiger partial charge in [-0.05, 0) is 0 Å². The molecule has 0 aliphatic carbocycles. The molecule has 6 heteroatoms. The van der Waals surface area contributed by atoms with Crippen LogP contribution in [0.15, 0.2) is 0 Å². The highest BCUT2D eigenvalue weighted by Crippen LogP contribution is 2.05. The van der Waals surface area contributed by atoms with Gasteiger partial charge in [-0.2, -0.15) is 0 Å². The maximum atomic E-state index is 10.4. The Morgan fingerprint density at radius 2 is 2.27 bits per heavy atom. The molecule has 0 fully saturated rings. The van der Waals surface area contributed by atoms with Crippen molar-refractivity contribution in [1.82, 2.24) is 0 Å². The molecule has 0 saturated heterocycles. The molecule has 0 rings (SSSR count). The SMILES string of the molecule is O=C(CC(Cl)OCCO)OCl. The highest BCUT2D eigenvalue weighted by molar-refractivity contribution is 6.21. The summed E-state index contributed by atoms with van der Waals surface area (Å²) >= 11 is 10.2. The van der Waals surface area contributed by atoms with Crippen molar-refractivity contribution < 1.29 is 18.9 Å². The van der Waals surface area contributed by atoms with Crippen LogP contribution in [-0.4, -0.2) is 29.9 Å². The second-order valence-corrected chi connectivity index (χ2v) is 2.30. The molecular weight excluding hydrogens is 195 g/mol. The summed E-state index contributed by atoms with van der Waals surface area (Å²) in [4.78, 5) is 10.4. The van der Waals surface area contributed by atoms with E-state index in [0.29, 0.717) is 0 Å². The third-order valence-electron chi connectivity index (χ3n) is 0.803. The Labute approximate surface area is 74.2 Å². The summed E-state index contributed by atoms with van der Waals surface area (Å²) in [5.41, 5.74) is -0.798. The normalized spacial score (nSPS) is 12.6. The number of aliphatic hydroxyl groups is 1. The molecule has 0 amide bonds. The summed E-state index contributed by atoms with van der Waals surface area (Å²) in [5.74, 6) is -0.662. The number of carbonyl (C=O) groups is 1. The topological polar surface area (TPSA) is 55.8 Å². The van der Waals surface area contributed by atoms with E-state index in [0.717, 1.165) is 0 Å². The molecule has 0 aromatic rings. The van der Waals surface area contributed by atoms with Gasteiger partial charge in [0, 0.05) is 0 Å². The van der Waals surface area contributed by atoms with Crippen molar-refractivity contribution >= 4 is 29.4 Å². The molecule has 0 aromatic heterocycles. The zero-order valence-electron chi connectivity index (χ0n) is 5.63. The van der Waals surface area contributed by atoms with Crippen molar-refractivity contribution in [3.8, 4) is 0 Å². The lowest BCUT2D eigenvalue weighted by Crippen LogP contribution is -2.13. The van der Waals surface area contributed by atoms with Crippen molar-refractivity contribution in [2.75, 3.05) is 13.2 Å². The monoisotopic (exact) mass is 202 g/mol. The number of aliphatic hydroxyl groups excluding tert-OH is 1. The average Bonchev–Trinajstić information content (AvgIpc) is 2.00. The van der Waals surface area contributed by atoms with Crippen LogP contribution < -0.4 is 0 Å². The van der Waals surface area contributed by atoms with Crippen LogP contribution in [0.1, 0.15) is 6.42 Å². The van der Waals surface area contributed by atoms with E-state index < -0.39 is 11.5 Å². The second-order valence-electron chi connectivity index (χ2n) is 1.66. The fraction of sp³-hybridized carbons (Fsp3) is 0.800. The van der Waals surface area contributed by atoms with Crippen LogP contribution in [0.25, 0.3) is 0 Å². The minimum Gasteiger partial charge on any atom is -0.394 e. The molecule has 66 valence electrons. The Morgan fingerprint density at radius 1 is 1.64 bits per heavy atom. The van der Waals surface area contributed by atoms with Crippen LogP contribution >= 0.6 is 23.5 Å². The molecule has 0 bridgehead atoms. The van der Waals surface area contributed by atoms with Gasteiger partial charge in [-0.15, -0.1) is 0 Å². The lowest BCUT2D eigenvalue weighted by molar-refractivity contribution is -0.135. The van der Waals surface area contributed by atoms with Gasteiger partial charge in [0.05, 0.1) is 19.6 Å². The summed E-state index contributed by atoms with van der Waals surface area (Å²) in [7, 11) is 0. The summed E-state index contributed by atoms with van der Waals surface area (Å²) in [5, 5.41) is 8.28. The molecule has 0 saturated carbocycles. The summed E-state index contributed by atoms with van der Waals surface area (Å²) < 4.78 is 8.53. The Bertz CT molecular complexity index is 119. The highest BCUT2D eigenvalue weighted by Gasteiger charge is 2.11. The van der Waals surface area contributed by atoms with Gasteiger partial charge in [0.15, 0.2) is 0 Å². The molecule has 0 radical (unpaired) electrons. The van der Waals surface area contributed by atoms with Crippen LogP contribution in [0.4, 0.5) is 0 Å². The number of halogens is 2. The predicted octanol–water partition coefficient (Wildman–Crippen LogP) is 0.647. The van der Waals surface area contributed by atoms with E-state index in [1.807, 2.05) is 0 Å². The van der Waals surface area contributed by atoms with Crippen molar-refractivity contribution in [2.24, 2.45) is 0 Å². The van der Waals surface area contributed by atoms with Gasteiger partial charge in [0.2, 0.25) is 0 Å². The molecule has 0 heterocycles. The maximum absolute atomic E-state index is 10.4. The van der Waals surface area contributed by atoms with Gasteiger partial charge in [0.1, 0.15) is 17.4 Å². The minimum absolute atomic E-state index is 0.0870. The summed E-state index contributed by atoms with van der Waals surface area (Å²) in [6.07, 6.45) is -0.134. The van der Waals surface area contributed by atoms with Crippen LogP contribution in [-0.2, 0) is 13.8 Å². The van der Waals surface area contributed by atoms with E-state index in [1.165, 1.54) is 0 Å². The number of hydrogen-bond acceptors (Lipinski definition) is 4. The first-order chi connectivity index (χ1) is 5.20. The molecule has 1 unspecified atom stereocenters. The van der Waals surface area contributed by atoms with Crippen molar-refractivity contribution in [3.05, 3.63) is 0 Å². The lowest BCUT2D eigenvalue weighted by Gasteiger charge is -2.06. The first kappa shape index (κ1) is 11.0. The van der Waals surface area contributed by atoms with Gasteiger partial charge in [0.25, 0.3) is 0 Å². The summed E-state index contributed by atoms with van der Waals surface area (Å²) in [6, 6.07) is 0. The van der Waals surface area contributed by atoms with E-state index in [9.17, 15) is 4.79 Å². The highest BCUT2D eigenvalue weighted by atomic mass is 35.5. The fourth-order valence-corrected chi connectivity index (χ4v) is 0.680. The summed E-state index contributed by atoms with van der Waals surface area (Å²) in [6.45, 7) is -0.0527. The first-order valence-corrected chi connectivity index (χ1v) is 3.63. The first-order valence-electron chi connectivity index (χ1n) is 2.88. The standard InChI is InChI=1S/C5H8Cl2O4/c6-4(10-2-1-8)3-5(9)11-7/h4,8H,1-3H2. The number of hydrogen-bond donors (Lipinski definition) is 1. The molecular formula is C5H8Cl2O4. The Kier molecular flexibility index (Phi) is 6.65. The zero-order valence-corrected chi connectivity index (χ0v) is 7.14. The number of rotatable bonds is 5. The minimum atomic E-state index is -0.798. The van der Waals surface area contributed by atoms with Gasteiger partial charge >= 0.3 is 5.97 Å². The van der Waals surface area contributed by atoms with Gasteiger partial charge in [-0.25, -0.2) is 0 Å². The molecule has 0 spiro atoms. The Balaban J connectivity index is 3.35. The third kappa shape index (κ3) is 6.37. The van der Waals surface area contributed by atoms with Crippen LogP contribution in [0.3, 0.4) is 0 Å². The molecule has 4 nitrogen and oxygen atoms in total. The molecule has 0 aliphatic rings. The Hall–Kier alpha value is -0.0300. The Morgan fingerprint density at radius 3 is 2.73 bits per heavy atom. The van der Waals surface area contributed by atoms with Crippen molar-refractivity contribution in [1.29, 1.82) is 0 Å². The van der Waals surface area contributed by atoms with Gasteiger partial charge < -0.3 is 14.1 Å². The predicted molar refractivity (Wildman–Crippen MR) is 39.2 cm³/mol. The van der Waals surface area contributed by atoms with E-state index in [4.69, 9.17) is 33.3 Å². The van der Waals surface area contributed by atoms with Gasteiger partial charge in [-0.1, -0.05) is 11.6 Å². The van der Waals surface area contributed by atoms with Crippen LogP contribution in [0.5, 0.6) is 0 Å². The smallest absolute Gasteiger partial charge is 0.328 e. The molecule has 0 aliphatic heterocycles. The molecule has 1 atom stereocenters. The number of carbonyl (C=O) groups excluding carboxylic acids is 1. The van der Waals surface area contributed by atoms with E-state index >= 15 is 0 Å². The van der Waals surface area contributed by atoms with E-state index in [-0.39, 0.29) is 19.6 Å². The van der Waals surface area contributed by atoms with Crippen molar-refractivity contribution in [3.63, 3.8) is 0 Å². The average molecular weight is 203 g/mol. The largest absolute Gasteiger partial charge is 0.394 e. The quantitative estimate of drug-likeness (QED) is 0.666. The van der Waals surface area contributed by atoms with E-state index in [1.54, 1.807) is 0 Å². The van der Waals surface area contributed by atoms with Crippen LogP contribution in [0, 0.1) is 0 Å². The lowest BCUT2D eigenvalue weighted by atomic mass is 10.5. The van der Waals surface area contributed by atoms with Crippen molar-refractivity contribution in [2.45, 2.75) is 12.0 Å². The maximum Gasteiger partial charge on any atom is 0.328 e.